The topological polar surface area (TPSA) is 67.5 Å². The zero-order valence-corrected chi connectivity index (χ0v) is 12.3. The van der Waals surface area contributed by atoms with Crippen LogP contribution >= 0.6 is 11.6 Å². The second kappa shape index (κ2) is 5.38. The number of halogens is 2. The Morgan fingerprint density at radius 2 is 2.14 bits per heavy atom. The second-order valence-corrected chi connectivity index (χ2v) is 5.19. The smallest absolute Gasteiger partial charge is 0.341 e. The van der Waals surface area contributed by atoms with Gasteiger partial charge in [0.2, 0.25) is 0 Å². The highest BCUT2D eigenvalue weighted by atomic mass is 35.5. The highest BCUT2D eigenvalue weighted by Crippen LogP contribution is 2.25. The van der Waals surface area contributed by atoms with Crippen molar-refractivity contribution >= 4 is 23.2 Å². The Hall–Kier alpha value is -2.47. The number of aromatic carboxylic acids is 1. The van der Waals surface area contributed by atoms with Crippen LogP contribution in [0.3, 0.4) is 0 Å². The standard InChI is InChI=1S/C15H11ClFN3O2/c1-8-10(6-9-4-2-3-5-12(9)17)13(16)20-14(19-8)11(7-18-20)15(21)22/h2-5,7H,6H2,1H3,(H,21,22). The van der Waals surface area contributed by atoms with Gasteiger partial charge in [0, 0.05) is 17.7 Å². The molecule has 2 heterocycles. The predicted molar refractivity (Wildman–Crippen MR) is 78.9 cm³/mol. The van der Waals surface area contributed by atoms with Crippen LogP contribution in [-0.4, -0.2) is 25.7 Å². The third-order valence-corrected chi connectivity index (χ3v) is 3.83. The summed E-state index contributed by atoms with van der Waals surface area (Å²) in [6.45, 7) is 1.71. The SMILES string of the molecule is Cc1nc2c(C(=O)O)cnn2c(Cl)c1Cc1ccccc1F. The lowest BCUT2D eigenvalue weighted by Gasteiger charge is -2.10. The zero-order valence-electron chi connectivity index (χ0n) is 11.5. The Morgan fingerprint density at radius 3 is 2.82 bits per heavy atom. The summed E-state index contributed by atoms with van der Waals surface area (Å²) < 4.78 is 15.1. The number of rotatable bonds is 3. The number of hydrogen-bond donors (Lipinski definition) is 1. The molecule has 5 nitrogen and oxygen atoms in total. The summed E-state index contributed by atoms with van der Waals surface area (Å²) in [5.74, 6) is -1.45. The van der Waals surface area contributed by atoms with Crippen LogP contribution in [0, 0.1) is 12.7 Å². The van der Waals surface area contributed by atoms with Gasteiger partial charge in [-0.3, -0.25) is 0 Å². The Labute approximate surface area is 130 Å². The van der Waals surface area contributed by atoms with E-state index >= 15 is 0 Å². The summed E-state index contributed by atoms with van der Waals surface area (Å²) in [7, 11) is 0. The fourth-order valence-electron chi connectivity index (χ4n) is 2.28. The molecule has 7 heteroatoms. The van der Waals surface area contributed by atoms with Crippen molar-refractivity contribution < 1.29 is 14.3 Å². The molecule has 0 atom stereocenters. The summed E-state index contributed by atoms with van der Waals surface area (Å²) in [5.41, 5.74) is 1.79. The molecule has 0 amide bonds. The van der Waals surface area contributed by atoms with E-state index in [1.54, 1.807) is 25.1 Å². The molecule has 22 heavy (non-hydrogen) atoms. The van der Waals surface area contributed by atoms with E-state index in [9.17, 15) is 9.18 Å². The van der Waals surface area contributed by atoms with Crippen molar-refractivity contribution in [2.24, 2.45) is 0 Å². The normalized spacial score (nSPS) is 11.0. The molecule has 0 aliphatic heterocycles. The van der Waals surface area contributed by atoms with Crippen LogP contribution in [0.2, 0.25) is 5.15 Å². The Morgan fingerprint density at radius 1 is 1.41 bits per heavy atom. The molecule has 0 fully saturated rings. The molecule has 0 saturated heterocycles. The molecule has 3 aromatic rings. The first-order chi connectivity index (χ1) is 10.5. The molecule has 112 valence electrons. The lowest BCUT2D eigenvalue weighted by Crippen LogP contribution is -2.06. The van der Waals surface area contributed by atoms with E-state index in [-0.39, 0.29) is 28.6 Å². The van der Waals surface area contributed by atoms with E-state index in [4.69, 9.17) is 16.7 Å². The lowest BCUT2D eigenvalue weighted by atomic mass is 10.0. The van der Waals surface area contributed by atoms with Gasteiger partial charge in [-0.2, -0.15) is 5.10 Å². The van der Waals surface area contributed by atoms with Gasteiger partial charge in [-0.25, -0.2) is 18.7 Å². The van der Waals surface area contributed by atoms with Crippen LogP contribution in [0.1, 0.15) is 27.2 Å². The highest BCUT2D eigenvalue weighted by Gasteiger charge is 2.19. The minimum Gasteiger partial charge on any atom is -0.477 e. The van der Waals surface area contributed by atoms with Crippen LogP contribution < -0.4 is 0 Å². The first kappa shape index (κ1) is 14.5. The molecular formula is C15H11ClFN3O2. The fourth-order valence-corrected chi connectivity index (χ4v) is 2.61. The van der Waals surface area contributed by atoms with Crippen LogP contribution in [-0.2, 0) is 6.42 Å². The van der Waals surface area contributed by atoms with E-state index < -0.39 is 5.97 Å². The number of fused-ring (bicyclic) bond motifs is 1. The van der Waals surface area contributed by atoms with Gasteiger partial charge in [0.25, 0.3) is 0 Å². The van der Waals surface area contributed by atoms with Crippen LogP contribution in [0.15, 0.2) is 30.5 Å². The summed E-state index contributed by atoms with van der Waals surface area (Å²) >= 11 is 6.31. The van der Waals surface area contributed by atoms with Crippen molar-refractivity contribution in [1.82, 2.24) is 14.6 Å². The molecule has 2 aromatic heterocycles. The maximum absolute atomic E-state index is 13.8. The first-order valence-electron chi connectivity index (χ1n) is 6.48. The molecule has 3 rings (SSSR count). The van der Waals surface area contributed by atoms with Gasteiger partial charge in [-0.1, -0.05) is 29.8 Å². The number of nitrogens with zero attached hydrogens (tertiary/aromatic N) is 3. The minimum atomic E-state index is -1.13. The van der Waals surface area contributed by atoms with Gasteiger partial charge in [0.15, 0.2) is 5.65 Å². The number of aryl methyl sites for hydroxylation is 1. The Bertz CT molecular complexity index is 892. The summed E-state index contributed by atoms with van der Waals surface area (Å²) in [5, 5.41) is 13.3. The maximum Gasteiger partial charge on any atom is 0.341 e. The second-order valence-electron chi connectivity index (χ2n) is 4.83. The van der Waals surface area contributed by atoms with Gasteiger partial charge in [-0.15, -0.1) is 0 Å². The molecule has 0 saturated carbocycles. The van der Waals surface area contributed by atoms with Crippen molar-refractivity contribution in [3.05, 3.63) is 63.8 Å². The molecule has 0 radical (unpaired) electrons. The van der Waals surface area contributed by atoms with Crippen molar-refractivity contribution in [2.75, 3.05) is 0 Å². The van der Waals surface area contributed by atoms with Gasteiger partial charge in [0.1, 0.15) is 16.5 Å². The fraction of sp³-hybridized carbons (Fsp3) is 0.133. The molecule has 0 aliphatic carbocycles. The molecule has 1 N–H and O–H groups in total. The average Bonchev–Trinajstić information content (AvgIpc) is 2.89. The maximum atomic E-state index is 13.8. The van der Waals surface area contributed by atoms with Crippen LogP contribution in [0.25, 0.3) is 5.65 Å². The molecule has 0 aliphatic rings. The quantitative estimate of drug-likeness (QED) is 0.753. The minimum absolute atomic E-state index is 0.0255. The van der Waals surface area contributed by atoms with Gasteiger partial charge in [0.05, 0.1) is 6.20 Å². The number of carboxylic acids is 1. The summed E-state index contributed by atoms with van der Waals surface area (Å²) in [6.07, 6.45) is 1.45. The number of hydrogen-bond acceptors (Lipinski definition) is 3. The largest absolute Gasteiger partial charge is 0.477 e. The molecule has 1 aromatic carbocycles. The molecular weight excluding hydrogens is 309 g/mol. The number of carboxylic acid groups (broad SMARTS) is 1. The van der Waals surface area contributed by atoms with Crippen molar-refractivity contribution in [1.29, 1.82) is 0 Å². The van der Waals surface area contributed by atoms with E-state index in [1.807, 2.05) is 0 Å². The monoisotopic (exact) mass is 319 g/mol. The zero-order chi connectivity index (χ0) is 15.9. The van der Waals surface area contributed by atoms with Gasteiger partial charge >= 0.3 is 5.97 Å². The Kier molecular flexibility index (Phi) is 3.54. The third-order valence-electron chi connectivity index (χ3n) is 3.44. The number of benzene rings is 1. The molecule has 0 spiro atoms. The number of aromatic nitrogens is 3. The average molecular weight is 320 g/mol. The van der Waals surface area contributed by atoms with E-state index in [0.29, 0.717) is 16.8 Å². The van der Waals surface area contributed by atoms with E-state index in [2.05, 4.69) is 10.1 Å². The predicted octanol–water partition coefficient (Wildman–Crippen LogP) is 3.12. The number of carbonyl (C=O) groups is 1. The van der Waals surface area contributed by atoms with Gasteiger partial charge in [-0.05, 0) is 18.6 Å². The van der Waals surface area contributed by atoms with Crippen molar-refractivity contribution in [2.45, 2.75) is 13.3 Å². The van der Waals surface area contributed by atoms with Gasteiger partial charge < -0.3 is 5.11 Å². The van der Waals surface area contributed by atoms with Crippen LogP contribution in [0.4, 0.5) is 4.39 Å². The van der Waals surface area contributed by atoms with Crippen molar-refractivity contribution in [3.8, 4) is 0 Å². The first-order valence-corrected chi connectivity index (χ1v) is 6.86. The summed E-state index contributed by atoms with van der Waals surface area (Å²) in [6, 6.07) is 6.40. The van der Waals surface area contributed by atoms with E-state index in [0.717, 1.165) is 0 Å². The Balaban J connectivity index is 2.15. The van der Waals surface area contributed by atoms with E-state index in [1.165, 1.54) is 16.8 Å². The highest BCUT2D eigenvalue weighted by molar-refractivity contribution is 6.30. The molecule has 0 unspecified atom stereocenters. The van der Waals surface area contributed by atoms with Crippen LogP contribution in [0.5, 0.6) is 0 Å². The molecule has 0 bridgehead atoms. The summed E-state index contributed by atoms with van der Waals surface area (Å²) in [4.78, 5) is 15.4. The van der Waals surface area contributed by atoms with Crippen molar-refractivity contribution in [3.63, 3.8) is 0 Å². The lowest BCUT2D eigenvalue weighted by molar-refractivity contribution is 0.0698. The third kappa shape index (κ3) is 2.31.